The first-order valence-electron chi connectivity index (χ1n) is 10.2. The summed E-state index contributed by atoms with van der Waals surface area (Å²) in [5.74, 6) is -1.05. The Balaban J connectivity index is 2.03. The molecule has 3 rings (SSSR count). The van der Waals surface area contributed by atoms with E-state index >= 15 is 0 Å². The molecule has 0 radical (unpaired) electrons. The van der Waals surface area contributed by atoms with E-state index in [4.69, 9.17) is 0 Å². The van der Waals surface area contributed by atoms with Crippen molar-refractivity contribution in [2.45, 2.75) is 33.2 Å². The summed E-state index contributed by atoms with van der Waals surface area (Å²) in [6.07, 6.45) is 3.54. The first kappa shape index (κ1) is 21.3. The molecule has 1 aromatic heterocycles. The Hall–Kier alpha value is -2.41. The molecule has 2 aromatic rings. The molecule has 0 aliphatic carbocycles. The molecule has 0 atom stereocenters. The molecule has 1 N–H and O–H groups in total. The van der Waals surface area contributed by atoms with Crippen molar-refractivity contribution in [3.63, 3.8) is 0 Å². The number of pyridine rings is 1. The molecule has 0 bridgehead atoms. The Morgan fingerprint density at radius 3 is 2.55 bits per heavy atom. The number of piperidine rings is 1. The number of aromatic nitrogens is 1. The maximum absolute atomic E-state index is 14.9. The molecule has 29 heavy (non-hydrogen) atoms. The molecule has 1 saturated heterocycles. The van der Waals surface area contributed by atoms with Crippen LogP contribution in [-0.4, -0.2) is 54.3 Å². The molecule has 1 aliphatic rings. The van der Waals surface area contributed by atoms with Crippen LogP contribution in [0.5, 0.6) is 0 Å². The summed E-state index contributed by atoms with van der Waals surface area (Å²) in [4.78, 5) is 28.3. The molecular weight excluding hydrogens is 373 g/mol. The van der Waals surface area contributed by atoms with Gasteiger partial charge >= 0.3 is 5.97 Å². The van der Waals surface area contributed by atoms with Crippen molar-refractivity contribution in [1.29, 1.82) is 0 Å². The second-order valence-electron chi connectivity index (χ2n) is 8.67. The van der Waals surface area contributed by atoms with Gasteiger partial charge in [-0.1, -0.05) is 13.8 Å². The van der Waals surface area contributed by atoms with E-state index in [0.29, 0.717) is 23.7 Å². The highest BCUT2D eigenvalue weighted by atomic mass is 19.1. The molecule has 1 fully saturated rings. The minimum Gasteiger partial charge on any atom is -0.477 e. The van der Waals surface area contributed by atoms with Crippen molar-refractivity contribution in [2.24, 2.45) is 11.8 Å². The van der Waals surface area contributed by atoms with Gasteiger partial charge in [0, 0.05) is 31.7 Å². The van der Waals surface area contributed by atoms with Gasteiger partial charge in [-0.05, 0) is 56.9 Å². The Morgan fingerprint density at radius 1 is 1.31 bits per heavy atom. The Kier molecular flexibility index (Phi) is 6.27. The average molecular weight is 403 g/mol. The van der Waals surface area contributed by atoms with E-state index in [9.17, 15) is 19.1 Å². The summed E-state index contributed by atoms with van der Waals surface area (Å²) in [5, 5.41) is 9.49. The minimum absolute atomic E-state index is 0.111. The number of carbonyl (C=O) groups is 1. The number of nitrogens with zero attached hydrogens (tertiary/aromatic N) is 3. The highest BCUT2D eigenvalue weighted by Gasteiger charge is 2.22. The van der Waals surface area contributed by atoms with Crippen LogP contribution in [0.25, 0.3) is 10.9 Å². The lowest BCUT2D eigenvalue weighted by atomic mass is 9.96. The third kappa shape index (κ3) is 4.61. The molecule has 158 valence electrons. The molecule has 6 nitrogen and oxygen atoms in total. The van der Waals surface area contributed by atoms with Gasteiger partial charge in [-0.15, -0.1) is 0 Å². The summed E-state index contributed by atoms with van der Waals surface area (Å²) in [6.45, 7) is 7.41. The van der Waals surface area contributed by atoms with Crippen LogP contribution in [0.2, 0.25) is 0 Å². The second kappa shape index (κ2) is 8.53. The van der Waals surface area contributed by atoms with Crippen molar-refractivity contribution in [1.82, 2.24) is 9.47 Å². The normalized spacial score (nSPS) is 15.9. The predicted octanol–water partition coefficient (Wildman–Crippen LogP) is 3.27. The maximum atomic E-state index is 14.9. The fourth-order valence-corrected chi connectivity index (χ4v) is 4.12. The molecule has 2 heterocycles. The van der Waals surface area contributed by atoms with E-state index in [1.54, 1.807) is 10.6 Å². The topological polar surface area (TPSA) is 65.8 Å². The largest absolute Gasteiger partial charge is 0.477 e. The zero-order valence-corrected chi connectivity index (χ0v) is 17.6. The van der Waals surface area contributed by atoms with Crippen LogP contribution >= 0.6 is 0 Å². The van der Waals surface area contributed by atoms with Crippen LogP contribution in [0.1, 0.15) is 37.0 Å². The Labute approximate surface area is 170 Å². The van der Waals surface area contributed by atoms with E-state index < -0.39 is 17.2 Å². The van der Waals surface area contributed by atoms with E-state index in [-0.39, 0.29) is 16.9 Å². The van der Waals surface area contributed by atoms with Crippen molar-refractivity contribution >= 4 is 22.6 Å². The number of halogens is 1. The van der Waals surface area contributed by atoms with Crippen molar-refractivity contribution < 1.29 is 14.3 Å². The molecule has 7 heteroatoms. The van der Waals surface area contributed by atoms with Gasteiger partial charge in [0.05, 0.1) is 11.2 Å². The van der Waals surface area contributed by atoms with Crippen LogP contribution in [0.3, 0.4) is 0 Å². The van der Waals surface area contributed by atoms with Crippen LogP contribution < -0.4 is 10.3 Å². The molecule has 1 aromatic carbocycles. The number of benzene rings is 1. The van der Waals surface area contributed by atoms with E-state index in [1.807, 2.05) is 25.8 Å². The highest BCUT2D eigenvalue weighted by Crippen LogP contribution is 2.27. The van der Waals surface area contributed by atoms with Gasteiger partial charge in [-0.3, -0.25) is 4.79 Å². The van der Waals surface area contributed by atoms with Gasteiger partial charge < -0.3 is 19.5 Å². The quantitative estimate of drug-likeness (QED) is 0.802. The number of fused-ring (bicyclic) bond motifs is 1. The van der Waals surface area contributed by atoms with Gasteiger partial charge in [0.2, 0.25) is 5.43 Å². The molecule has 0 saturated carbocycles. The standard InChI is InChI=1S/C22H30FN3O3/c1-14(2)11-26-13-17(22(28)29)21(27)16-9-18(23)20(10-19(16)26)25(4)12-15-5-7-24(3)8-6-15/h9-10,13-15H,5-8,11-12H2,1-4H3,(H,28,29). The smallest absolute Gasteiger partial charge is 0.341 e. The summed E-state index contributed by atoms with van der Waals surface area (Å²) in [5.41, 5.74) is 0.0395. The average Bonchev–Trinajstić information content (AvgIpc) is 2.65. The molecule has 0 amide bonds. The lowest BCUT2D eigenvalue weighted by molar-refractivity contribution is 0.0694. The van der Waals surface area contributed by atoms with Crippen LogP contribution in [-0.2, 0) is 6.54 Å². The lowest BCUT2D eigenvalue weighted by Crippen LogP contribution is -2.36. The fraction of sp³-hybridized carbons (Fsp3) is 0.545. The Bertz CT molecular complexity index is 962. The number of anilines is 1. The number of likely N-dealkylation sites (tertiary alicyclic amines) is 1. The minimum atomic E-state index is -1.29. The number of rotatable bonds is 6. The van der Waals surface area contributed by atoms with Crippen LogP contribution in [0, 0.1) is 17.7 Å². The highest BCUT2D eigenvalue weighted by molar-refractivity contribution is 5.93. The number of carboxylic acid groups (broad SMARTS) is 1. The zero-order chi connectivity index (χ0) is 21.3. The fourth-order valence-electron chi connectivity index (χ4n) is 4.12. The van der Waals surface area contributed by atoms with E-state index in [1.165, 1.54) is 12.3 Å². The predicted molar refractivity (Wildman–Crippen MR) is 113 cm³/mol. The summed E-state index contributed by atoms with van der Waals surface area (Å²) < 4.78 is 16.7. The SMILES string of the molecule is CC(C)Cn1cc(C(=O)O)c(=O)c2cc(F)c(N(C)CC3CCN(C)CC3)cc21. The molecule has 0 unspecified atom stereocenters. The molecular formula is C22H30FN3O3. The van der Waals surface area contributed by atoms with E-state index in [2.05, 4.69) is 11.9 Å². The van der Waals surface area contributed by atoms with Gasteiger partial charge in [0.1, 0.15) is 11.4 Å². The summed E-state index contributed by atoms with van der Waals surface area (Å²) >= 11 is 0. The maximum Gasteiger partial charge on any atom is 0.341 e. The number of aromatic carboxylic acids is 1. The van der Waals surface area contributed by atoms with Gasteiger partial charge in [-0.2, -0.15) is 0 Å². The van der Waals surface area contributed by atoms with Crippen LogP contribution in [0.15, 0.2) is 23.1 Å². The van der Waals surface area contributed by atoms with Crippen molar-refractivity contribution in [3.8, 4) is 0 Å². The first-order valence-corrected chi connectivity index (χ1v) is 10.2. The van der Waals surface area contributed by atoms with Gasteiger partial charge in [-0.25, -0.2) is 9.18 Å². The Morgan fingerprint density at radius 2 is 1.97 bits per heavy atom. The van der Waals surface area contributed by atoms with E-state index in [0.717, 1.165) is 32.5 Å². The zero-order valence-electron chi connectivity index (χ0n) is 17.6. The van der Waals surface area contributed by atoms with Crippen LogP contribution in [0.4, 0.5) is 10.1 Å². The second-order valence-corrected chi connectivity index (χ2v) is 8.67. The molecule has 1 aliphatic heterocycles. The van der Waals surface area contributed by atoms with Crippen molar-refractivity contribution in [2.75, 3.05) is 38.6 Å². The first-order chi connectivity index (χ1) is 13.7. The van der Waals surface area contributed by atoms with Crippen molar-refractivity contribution in [3.05, 3.63) is 39.9 Å². The van der Waals surface area contributed by atoms with Gasteiger partial charge in [0.25, 0.3) is 0 Å². The lowest BCUT2D eigenvalue weighted by Gasteiger charge is -2.32. The number of hydrogen-bond donors (Lipinski definition) is 1. The molecule has 0 spiro atoms. The van der Waals surface area contributed by atoms with Gasteiger partial charge in [0.15, 0.2) is 0 Å². The third-order valence-electron chi connectivity index (χ3n) is 5.72. The summed E-state index contributed by atoms with van der Waals surface area (Å²) in [6, 6.07) is 2.89. The number of carboxylic acids is 1. The third-order valence-corrected chi connectivity index (χ3v) is 5.72. The summed E-state index contributed by atoms with van der Waals surface area (Å²) in [7, 11) is 3.99. The number of hydrogen-bond acceptors (Lipinski definition) is 4. The monoisotopic (exact) mass is 403 g/mol.